The fourth-order valence-electron chi connectivity index (χ4n) is 2.96. The summed E-state index contributed by atoms with van der Waals surface area (Å²) < 4.78 is 0. The van der Waals surface area contributed by atoms with E-state index in [0.717, 1.165) is 28.9 Å². The third-order valence-electron chi connectivity index (χ3n) is 4.76. The number of benzene rings is 2. The van der Waals surface area contributed by atoms with E-state index >= 15 is 0 Å². The summed E-state index contributed by atoms with van der Waals surface area (Å²) in [7, 11) is 1.76. The molecule has 0 fully saturated rings. The average molecular weight is 382 g/mol. The van der Waals surface area contributed by atoms with Crippen molar-refractivity contribution in [2.75, 3.05) is 30.8 Å². The van der Waals surface area contributed by atoms with Crippen LogP contribution in [-0.2, 0) is 16.0 Å². The third-order valence-corrected chi connectivity index (χ3v) is 4.76. The van der Waals surface area contributed by atoms with Crippen LogP contribution < -0.4 is 10.6 Å². The Morgan fingerprint density at radius 3 is 2.21 bits per heavy atom. The van der Waals surface area contributed by atoms with Gasteiger partial charge in [-0.2, -0.15) is 0 Å². The molecule has 0 aliphatic carbocycles. The van der Waals surface area contributed by atoms with Gasteiger partial charge >= 0.3 is 0 Å². The zero-order valence-corrected chi connectivity index (χ0v) is 17.3. The predicted octanol–water partition coefficient (Wildman–Crippen LogP) is 4.16. The quantitative estimate of drug-likeness (QED) is 0.686. The second kappa shape index (κ2) is 10.6. The van der Waals surface area contributed by atoms with Crippen LogP contribution in [0, 0.1) is 13.8 Å². The molecule has 0 atom stereocenters. The summed E-state index contributed by atoms with van der Waals surface area (Å²) in [5, 5.41) is 5.80. The lowest BCUT2D eigenvalue weighted by molar-refractivity contribution is -0.119. The van der Waals surface area contributed by atoms with Gasteiger partial charge in [0, 0.05) is 11.4 Å². The second-order valence-corrected chi connectivity index (χ2v) is 7.32. The Hall–Kier alpha value is -2.66. The van der Waals surface area contributed by atoms with Crippen molar-refractivity contribution in [3.63, 3.8) is 0 Å². The smallest absolute Gasteiger partial charge is 0.238 e. The predicted molar refractivity (Wildman–Crippen MR) is 116 cm³/mol. The van der Waals surface area contributed by atoms with Crippen molar-refractivity contribution >= 4 is 23.2 Å². The highest BCUT2D eigenvalue weighted by Crippen LogP contribution is 2.17. The number of nitrogens with one attached hydrogen (secondary N) is 2. The number of hydrogen-bond acceptors (Lipinski definition) is 3. The van der Waals surface area contributed by atoms with Gasteiger partial charge in [-0.05, 0) is 68.6 Å². The van der Waals surface area contributed by atoms with Crippen LogP contribution in [0.3, 0.4) is 0 Å². The minimum Gasteiger partial charge on any atom is -0.325 e. The molecule has 2 amide bonds. The molecule has 0 unspecified atom stereocenters. The molecule has 0 radical (unpaired) electrons. The summed E-state index contributed by atoms with van der Waals surface area (Å²) in [5.41, 5.74) is 5.05. The number of likely N-dealkylation sites (N-methyl/N-ethyl adjacent to an activating group) is 1. The third kappa shape index (κ3) is 6.82. The van der Waals surface area contributed by atoms with Crippen LogP contribution in [0.4, 0.5) is 11.4 Å². The first-order valence-electron chi connectivity index (χ1n) is 9.82. The Balaban J connectivity index is 1.80. The van der Waals surface area contributed by atoms with Gasteiger partial charge < -0.3 is 10.6 Å². The van der Waals surface area contributed by atoms with Gasteiger partial charge in [-0.3, -0.25) is 14.5 Å². The fraction of sp³-hybridized carbons (Fsp3) is 0.391. The van der Waals surface area contributed by atoms with Gasteiger partial charge in [-0.1, -0.05) is 37.6 Å². The number of hydrogen-bond donors (Lipinski definition) is 2. The Labute approximate surface area is 168 Å². The van der Waals surface area contributed by atoms with Gasteiger partial charge in [0.1, 0.15) is 0 Å². The molecule has 0 bridgehead atoms. The number of unbranched alkanes of at least 4 members (excludes halogenated alkanes) is 1. The Bertz CT molecular complexity index is 800. The van der Waals surface area contributed by atoms with E-state index in [-0.39, 0.29) is 24.9 Å². The van der Waals surface area contributed by atoms with Crippen molar-refractivity contribution < 1.29 is 9.59 Å². The molecule has 0 heterocycles. The Morgan fingerprint density at radius 2 is 1.57 bits per heavy atom. The molecule has 0 saturated carbocycles. The molecule has 5 heteroatoms. The maximum absolute atomic E-state index is 12.3. The van der Waals surface area contributed by atoms with Gasteiger partial charge in [0.15, 0.2) is 0 Å². The van der Waals surface area contributed by atoms with E-state index in [4.69, 9.17) is 0 Å². The van der Waals surface area contributed by atoms with Crippen molar-refractivity contribution in [3.8, 4) is 0 Å². The molecule has 0 aliphatic rings. The van der Waals surface area contributed by atoms with Crippen molar-refractivity contribution in [3.05, 3.63) is 59.2 Å². The monoisotopic (exact) mass is 381 g/mol. The van der Waals surface area contributed by atoms with E-state index in [1.54, 1.807) is 11.9 Å². The highest BCUT2D eigenvalue weighted by atomic mass is 16.2. The molecule has 2 N–H and O–H groups in total. The number of carbonyl (C=O) groups excluding carboxylic acids is 2. The van der Waals surface area contributed by atoms with E-state index in [2.05, 4.69) is 17.6 Å². The minimum absolute atomic E-state index is 0.135. The Morgan fingerprint density at radius 1 is 0.929 bits per heavy atom. The number of anilines is 2. The van der Waals surface area contributed by atoms with Gasteiger partial charge in [0.05, 0.1) is 13.1 Å². The van der Waals surface area contributed by atoms with Gasteiger partial charge in [-0.15, -0.1) is 0 Å². The topological polar surface area (TPSA) is 61.4 Å². The standard InChI is InChI=1S/C23H31N3O2/c1-5-6-9-19-11-13-20(14-12-19)24-22(27)15-26(4)16-23(28)25-21-10-7-8-17(2)18(21)3/h7-8,10-14H,5-6,9,15-16H2,1-4H3,(H,24,27)(H,25,28). The summed E-state index contributed by atoms with van der Waals surface area (Å²) in [6.45, 7) is 6.47. The van der Waals surface area contributed by atoms with Gasteiger partial charge in [0.2, 0.25) is 11.8 Å². The van der Waals surface area contributed by atoms with Crippen LogP contribution in [0.5, 0.6) is 0 Å². The van der Waals surface area contributed by atoms with E-state index < -0.39 is 0 Å². The average Bonchev–Trinajstić information content (AvgIpc) is 2.64. The van der Waals surface area contributed by atoms with Crippen LogP contribution in [-0.4, -0.2) is 36.9 Å². The maximum Gasteiger partial charge on any atom is 0.238 e. The first kappa shape index (κ1) is 21.6. The van der Waals surface area contributed by atoms with Crippen LogP contribution in [0.2, 0.25) is 0 Å². The largest absolute Gasteiger partial charge is 0.325 e. The molecular formula is C23H31N3O2. The zero-order chi connectivity index (χ0) is 20.5. The van der Waals surface area contributed by atoms with E-state index in [1.807, 2.05) is 56.3 Å². The lowest BCUT2D eigenvalue weighted by Gasteiger charge is -2.17. The lowest BCUT2D eigenvalue weighted by Crippen LogP contribution is -2.36. The second-order valence-electron chi connectivity index (χ2n) is 7.32. The summed E-state index contributed by atoms with van der Waals surface area (Å²) in [4.78, 5) is 26.2. The highest BCUT2D eigenvalue weighted by Gasteiger charge is 2.12. The van der Waals surface area contributed by atoms with Gasteiger partial charge in [-0.25, -0.2) is 0 Å². The highest BCUT2D eigenvalue weighted by molar-refractivity contribution is 5.95. The fourth-order valence-corrected chi connectivity index (χ4v) is 2.96. The van der Waals surface area contributed by atoms with Crippen molar-refractivity contribution in [1.82, 2.24) is 4.90 Å². The summed E-state index contributed by atoms with van der Waals surface area (Å²) in [6, 6.07) is 13.8. The molecule has 0 spiro atoms. The molecule has 2 aromatic rings. The zero-order valence-electron chi connectivity index (χ0n) is 17.3. The molecular weight excluding hydrogens is 350 g/mol. The van der Waals surface area contributed by atoms with Crippen LogP contribution in [0.1, 0.15) is 36.5 Å². The first-order chi connectivity index (χ1) is 13.4. The molecule has 0 saturated heterocycles. The molecule has 5 nitrogen and oxygen atoms in total. The van der Waals surface area contributed by atoms with Crippen molar-refractivity contribution in [2.45, 2.75) is 40.0 Å². The van der Waals surface area contributed by atoms with Crippen LogP contribution in [0.15, 0.2) is 42.5 Å². The maximum atomic E-state index is 12.3. The molecule has 28 heavy (non-hydrogen) atoms. The minimum atomic E-state index is -0.136. The summed E-state index contributed by atoms with van der Waals surface area (Å²) >= 11 is 0. The molecule has 0 aliphatic heterocycles. The summed E-state index contributed by atoms with van der Waals surface area (Å²) in [5.74, 6) is -0.271. The number of aryl methyl sites for hydroxylation is 2. The van der Waals surface area contributed by atoms with E-state index in [1.165, 1.54) is 18.4 Å². The number of nitrogens with zero attached hydrogens (tertiary/aromatic N) is 1. The molecule has 2 rings (SSSR count). The number of amides is 2. The van der Waals surface area contributed by atoms with E-state index in [0.29, 0.717) is 0 Å². The molecule has 2 aromatic carbocycles. The van der Waals surface area contributed by atoms with Gasteiger partial charge in [0.25, 0.3) is 0 Å². The summed E-state index contributed by atoms with van der Waals surface area (Å²) in [6.07, 6.45) is 3.39. The van der Waals surface area contributed by atoms with Crippen LogP contribution in [0.25, 0.3) is 0 Å². The first-order valence-corrected chi connectivity index (χ1v) is 9.82. The van der Waals surface area contributed by atoms with Crippen molar-refractivity contribution in [2.24, 2.45) is 0 Å². The van der Waals surface area contributed by atoms with E-state index in [9.17, 15) is 9.59 Å². The van der Waals surface area contributed by atoms with Crippen LogP contribution >= 0.6 is 0 Å². The normalized spacial score (nSPS) is 10.8. The Kier molecular flexibility index (Phi) is 8.20. The SMILES string of the molecule is CCCCc1ccc(NC(=O)CN(C)CC(=O)Nc2cccc(C)c2C)cc1. The molecule has 0 aromatic heterocycles. The number of rotatable bonds is 9. The molecule has 150 valence electrons. The lowest BCUT2D eigenvalue weighted by atomic mass is 10.1. The number of carbonyl (C=O) groups is 2. The van der Waals surface area contributed by atoms with Crippen molar-refractivity contribution in [1.29, 1.82) is 0 Å².